The van der Waals surface area contributed by atoms with Crippen molar-refractivity contribution in [2.75, 3.05) is 36.5 Å². The van der Waals surface area contributed by atoms with Gasteiger partial charge in [-0.05, 0) is 56.0 Å². The summed E-state index contributed by atoms with van der Waals surface area (Å²) in [7, 11) is 1.78. The van der Waals surface area contributed by atoms with Gasteiger partial charge in [0.1, 0.15) is 22.9 Å². The number of nitrogens with zero attached hydrogens (tertiary/aromatic N) is 6. The van der Waals surface area contributed by atoms with Gasteiger partial charge in [-0.1, -0.05) is 38.1 Å². The molecule has 1 N–H and O–H groups in total. The molecule has 6 rings (SSSR count). The first-order valence-electron chi connectivity index (χ1n) is 15.2. The fourth-order valence-electron chi connectivity index (χ4n) is 6.84. The van der Waals surface area contributed by atoms with E-state index >= 15 is 8.78 Å². The summed E-state index contributed by atoms with van der Waals surface area (Å²) >= 11 is 7.07. The number of amides is 1. The van der Waals surface area contributed by atoms with Crippen LogP contribution in [0.1, 0.15) is 44.4 Å². The summed E-state index contributed by atoms with van der Waals surface area (Å²) < 4.78 is 34.2. The monoisotopic (exact) mass is 648 g/mol. The van der Waals surface area contributed by atoms with Crippen LogP contribution in [-0.4, -0.2) is 69.2 Å². The number of aromatic hydroxyl groups is 1. The summed E-state index contributed by atoms with van der Waals surface area (Å²) in [6, 6.07) is 4.89. The number of halogens is 3. The lowest BCUT2D eigenvalue weighted by atomic mass is 9.95. The van der Waals surface area contributed by atoms with E-state index in [1.54, 1.807) is 31.1 Å². The van der Waals surface area contributed by atoms with E-state index < -0.39 is 28.6 Å². The van der Waals surface area contributed by atoms with Crippen molar-refractivity contribution in [1.82, 2.24) is 19.4 Å². The quantitative estimate of drug-likeness (QED) is 0.274. The standard InChI is InChI=1S/C34H35ClF2N6O3/c1-7-23(45)41-16-20-12-14-40(6)31-26-32(28(37)25(27(31)35)24-21(36)9-8-10-22(24)44)43(30-18(4)11-13-38-29(30)17(2)3)34(46)39-33(26)42(20)15-19(41)5/h7-11,13,17,19-20,44H,1,12,14-16H2,2-6H3. The molecule has 0 radical (unpaired) electrons. The third-order valence-corrected chi connectivity index (χ3v) is 9.45. The Morgan fingerprint density at radius 1 is 1.17 bits per heavy atom. The molecule has 46 heavy (non-hydrogen) atoms. The Labute approximate surface area is 270 Å². The van der Waals surface area contributed by atoms with Crippen LogP contribution in [-0.2, 0) is 4.79 Å². The van der Waals surface area contributed by atoms with Crippen LogP contribution < -0.4 is 15.5 Å². The topological polar surface area (TPSA) is 94.8 Å². The van der Waals surface area contributed by atoms with Crippen molar-refractivity contribution in [3.05, 3.63) is 81.5 Å². The Kier molecular flexibility index (Phi) is 8.00. The van der Waals surface area contributed by atoms with E-state index in [0.29, 0.717) is 48.7 Å². The lowest BCUT2D eigenvalue weighted by Gasteiger charge is -2.47. The molecule has 2 aliphatic rings. The van der Waals surface area contributed by atoms with Crippen LogP contribution in [0, 0.1) is 18.6 Å². The van der Waals surface area contributed by atoms with Crippen molar-refractivity contribution >= 4 is 39.9 Å². The van der Waals surface area contributed by atoms with E-state index in [4.69, 9.17) is 11.6 Å². The number of aromatic nitrogens is 3. The second kappa shape index (κ2) is 11.7. The summed E-state index contributed by atoms with van der Waals surface area (Å²) in [5, 5.41) is 11.0. The molecule has 4 aromatic rings. The average Bonchev–Trinajstić information content (AvgIpc) is 3.00. The van der Waals surface area contributed by atoms with Gasteiger partial charge in [0.25, 0.3) is 0 Å². The van der Waals surface area contributed by atoms with Crippen LogP contribution in [0.2, 0.25) is 5.02 Å². The zero-order valence-electron chi connectivity index (χ0n) is 26.3. The fraction of sp³-hybridized carbons (Fsp3) is 0.353. The number of benzene rings is 2. The van der Waals surface area contributed by atoms with E-state index in [-0.39, 0.29) is 51.2 Å². The van der Waals surface area contributed by atoms with Gasteiger partial charge < -0.3 is 19.8 Å². The highest BCUT2D eigenvalue weighted by Crippen LogP contribution is 2.50. The van der Waals surface area contributed by atoms with E-state index in [1.165, 1.54) is 22.8 Å². The highest BCUT2D eigenvalue weighted by Gasteiger charge is 2.40. The van der Waals surface area contributed by atoms with Crippen LogP contribution in [0.5, 0.6) is 5.75 Å². The van der Waals surface area contributed by atoms with Gasteiger partial charge in [-0.15, -0.1) is 0 Å². The van der Waals surface area contributed by atoms with Crippen molar-refractivity contribution in [1.29, 1.82) is 0 Å². The normalized spacial score (nSPS) is 18.1. The summed E-state index contributed by atoms with van der Waals surface area (Å²) in [5.74, 6) is -2.49. The number of fused-ring (bicyclic) bond motifs is 2. The highest BCUT2D eigenvalue weighted by atomic mass is 35.5. The number of carbonyl (C=O) groups is 1. The molecule has 0 aliphatic carbocycles. The van der Waals surface area contributed by atoms with Gasteiger partial charge in [-0.25, -0.2) is 13.6 Å². The second-order valence-corrected chi connectivity index (χ2v) is 12.7. The molecule has 1 fully saturated rings. The Morgan fingerprint density at radius 3 is 2.59 bits per heavy atom. The van der Waals surface area contributed by atoms with E-state index in [0.717, 1.165) is 6.07 Å². The molecule has 1 saturated heterocycles. The molecule has 0 saturated carbocycles. The summed E-state index contributed by atoms with van der Waals surface area (Å²) in [6.45, 7) is 12.3. The minimum atomic E-state index is -0.984. The van der Waals surface area contributed by atoms with Gasteiger partial charge in [0.2, 0.25) is 5.91 Å². The number of piperazine rings is 1. The number of anilines is 2. The maximum atomic E-state index is 17.5. The number of pyridine rings is 1. The molecule has 9 nitrogen and oxygen atoms in total. The summed E-state index contributed by atoms with van der Waals surface area (Å²) in [5.41, 5.74) is 0.232. The number of carbonyl (C=O) groups excluding carboxylic acids is 1. The van der Waals surface area contributed by atoms with E-state index in [9.17, 15) is 14.7 Å². The van der Waals surface area contributed by atoms with Gasteiger partial charge in [0.15, 0.2) is 5.82 Å². The maximum Gasteiger partial charge on any atom is 0.354 e. The predicted molar refractivity (Wildman–Crippen MR) is 176 cm³/mol. The Morgan fingerprint density at radius 2 is 1.91 bits per heavy atom. The van der Waals surface area contributed by atoms with Gasteiger partial charge in [-0.2, -0.15) is 4.98 Å². The van der Waals surface area contributed by atoms with Crippen LogP contribution in [0.3, 0.4) is 0 Å². The predicted octanol–water partition coefficient (Wildman–Crippen LogP) is 5.95. The zero-order valence-corrected chi connectivity index (χ0v) is 27.1. The van der Waals surface area contributed by atoms with E-state index in [1.807, 2.05) is 30.6 Å². The molecule has 2 unspecified atom stereocenters. The van der Waals surface area contributed by atoms with Crippen molar-refractivity contribution in [2.45, 2.75) is 52.1 Å². The first-order chi connectivity index (χ1) is 21.9. The molecule has 4 heterocycles. The molecule has 12 heteroatoms. The number of phenols is 1. The molecule has 240 valence electrons. The maximum absolute atomic E-state index is 17.5. The summed E-state index contributed by atoms with van der Waals surface area (Å²) in [6.07, 6.45) is 3.46. The third-order valence-electron chi connectivity index (χ3n) is 9.09. The molecular weight excluding hydrogens is 614 g/mol. The SMILES string of the molecule is C=CC(=O)N1CC2CCN(C)c3c(Cl)c(-c4c(O)cccc4F)c(F)c4c3c(nc(=O)n4-c3c(C)ccnc3C(C)C)N2CC1C. The van der Waals surface area contributed by atoms with Crippen molar-refractivity contribution in [2.24, 2.45) is 0 Å². The third kappa shape index (κ3) is 4.79. The van der Waals surface area contributed by atoms with Gasteiger partial charge in [0.05, 0.1) is 33.0 Å². The van der Waals surface area contributed by atoms with Gasteiger partial charge in [-0.3, -0.25) is 14.3 Å². The first kappa shape index (κ1) is 31.5. The first-order valence-corrected chi connectivity index (χ1v) is 15.6. The van der Waals surface area contributed by atoms with E-state index in [2.05, 4.69) is 16.5 Å². The fourth-order valence-corrected chi connectivity index (χ4v) is 7.26. The Hall–Kier alpha value is -4.51. The average molecular weight is 649 g/mol. The number of hydrogen-bond acceptors (Lipinski definition) is 7. The molecule has 2 atom stereocenters. The molecule has 0 spiro atoms. The minimum absolute atomic E-state index is 0.125. The molecular formula is C34H35ClF2N6O3. The molecule has 2 aliphatic heterocycles. The number of phenolic OH excluding ortho intramolecular Hbond substituents is 1. The lowest BCUT2D eigenvalue weighted by Crippen LogP contribution is -2.60. The Bertz CT molecular complexity index is 1960. The minimum Gasteiger partial charge on any atom is -0.507 e. The van der Waals surface area contributed by atoms with Crippen molar-refractivity contribution < 1.29 is 18.7 Å². The van der Waals surface area contributed by atoms with Crippen molar-refractivity contribution in [3.63, 3.8) is 0 Å². The number of aryl methyl sites for hydroxylation is 1. The smallest absolute Gasteiger partial charge is 0.354 e. The van der Waals surface area contributed by atoms with Crippen LogP contribution in [0.25, 0.3) is 27.7 Å². The molecule has 0 bridgehead atoms. The Balaban J connectivity index is 1.80. The molecule has 1 amide bonds. The van der Waals surface area contributed by atoms with Gasteiger partial charge in [0, 0.05) is 50.5 Å². The number of rotatable bonds is 4. The molecule has 2 aromatic heterocycles. The highest BCUT2D eigenvalue weighted by molar-refractivity contribution is 6.38. The van der Waals surface area contributed by atoms with Gasteiger partial charge >= 0.3 is 5.69 Å². The summed E-state index contributed by atoms with van der Waals surface area (Å²) in [4.78, 5) is 41.8. The largest absolute Gasteiger partial charge is 0.507 e. The zero-order chi connectivity index (χ0) is 33.2. The van der Waals surface area contributed by atoms with Crippen LogP contribution in [0.15, 0.2) is 47.9 Å². The lowest BCUT2D eigenvalue weighted by molar-refractivity contribution is -0.128. The van der Waals surface area contributed by atoms with Crippen LogP contribution >= 0.6 is 11.6 Å². The van der Waals surface area contributed by atoms with Crippen LogP contribution in [0.4, 0.5) is 20.3 Å². The number of hydrogen-bond donors (Lipinski definition) is 1. The second-order valence-electron chi connectivity index (χ2n) is 12.3. The molecule has 2 aromatic carbocycles. The van der Waals surface area contributed by atoms with Crippen molar-refractivity contribution in [3.8, 4) is 22.6 Å².